The van der Waals surface area contributed by atoms with Crippen molar-refractivity contribution in [2.24, 2.45) is 11.8 Å². The normalized spacial score (nSPS) is 11.5. The predicted octanol–water partition coefficient (Wildman–Crippen LogP) is 1.80. The van der Waals surface area contributed by atoms with Crippen LogP contribution >= 0.6 is 0 Å². The molecule has 1 amide bonds. The predicted molar refractivity (Wildman–Crippen MR) is 69.0 cm³/mol. The molecular formula is C13H23N3O. The van der Waals surface area contributed by atoms with Crippen LogP contribution in [0.15, 0.2) is 11.8 Å². The summed E-state index contributed by atoms with van der Waals surface area (Å²) in [6, 6.07) is 1.90. The molecule has 0 spiro atoms. The molecule has 0 saturated heterocycles. The lowest BCUT2D eigenvalue weighted by molar-refractivity contribution is -0.117. The standard InChI is InChI=1S/C13H23N3O/c1-10(2)5-6-15-9-12(7-14)13(17)16-8-11(3)4/h9-11,15H,5-6,8H2,1-4H3,(H,16,17)/b12-9-. The van der Waals surface area contributed by atoms with Gasteiger partial charge in [0.2, 0.25) is 0 Å². The van der Waals surface area contributed by atoms with E-state index in [1.807, 2.05) is 19.9 Å². The fourth-order valence-electron chi connectivity index (χ4n) is 1.09. The fraction of sp³-hybridized carbons (Fsp3) is 0.692. The third kappa shape index (κ3) is 8.32. The molecule has 0 heterocycles. The molecule has 0 unspecified atom stereocenters. The van der Waals surface area contributed by atoms with Crippen molar-refractivity contribution in [1.29, 1.82) is 5.26 Å². The van der Waals surface area contributed by atoms with Crippen LogP contribution in [0.4, 0.5) is 0 Å². The summed E-state index contributed by atoms with van der Waals surface area (Å²) in [6.07, 6.45) is 2.51. The Morgan fingerprint density at radius 3 is 2.41 bits per heavy atom. The second-order valence-corrected chi connectivity index (χ2v) is 4.91. The van der Waals surface area contributed by atoms with Gasteiger partial charge in [0.15, 0.2) is 0 Å². The molecule has 0 saturated carbocycles. The molecule has 0 aromatic rings. The van der Waals surface area contributed by atoms with Crippen LogP contribution in [0.2, 0.25) is 0 Å². The van der Waals surface area contributed by atoms with Crippen LogP contribution in [-0.2, 0) is 4.79 Å². The van der Waals surface area contributed by atoms with Gasteiger partial charge in [-0.15, -0.1) is 0 Å². The molecule has 4 heteroatoms. The summed E-state index contributed by atoms with van der Waals surface area (Å²) >= 11 is 0. The lowest BCUT2D eigenvalue weighted by Crippen LogP contribution is -2.29. The molecule has 0 rings (SSSR count). The van der Waals surface area contributed by atoms with Gasteiger partial charge in [-0.1, -0.05) is 27.7 Å². The first-order chi connectivity index (χ1) is 7.97. The highest BCUT2D eigenvalue weighted by Gasteiger charge is 2.08. The lowest BCUT2D eigenvalue weighted by atomic mass is 10.1. The van der Waals surface area contributed by atoms with Crippen LogP contribution in [0.3, 0.4) is 0 Å². The van der Waals surface area contributed by atoms with E-state index in [0.717, 1.165) is 13.0 Å². The third-order valence-electron chi connectivity index (χ3n) is 2.15. The number of rotatable bonds is 7. The Kier molecular flexibility index (Phi) is 7.87. The topological polar surface area (TPSA) is 64.9 Å². The Morgan fingerprint density at radius 1 is 1.29 bits per heavy atom. The lowest BCUT2D eigenvalue weighted by Gasteiger charge is -2.07. The Labute approximate surface area is 104 Å². The van der Waals surface area contributed by atoms with Crippen molar-refractivity contribution in [3.8, 4) is 6.07 Å². The number of amides is 1. The quantitative estimate of drug-likeness (QED) is 0.403. The number of nitrogens with one attached hydrogen (secondary N) is 2. The van der Waals surface area contributed by atoms with E-state index in [1.165, 1.54) is 6.20 Å². The molecule has 0 aromatic carbocycles. The molecule has 0 aliphatic carbocycles. The maximum atomic E-state index is 11.6. The highest BCUT2D eigenvalue weighted by atomic mass is 16.1. The number of nitrogens with zero attached hydrogens (tertiary/aromatic N) is 1. The highest BCUT2D eigenvalue weighted by molar-refractivity contribution is 5.97. The third-order valence-corrected chi connectivity index (χ3v) is 2.15. The Hall–Kier alpha value is -1.50. The summed E-state index contributed by atoms with van der Waals surface area (Å²) in [4.78, 5) is 11.6. The van der Waals surface area contributed by atoms with E-state index in [4.69, 9.17) is 5.26 Å². The maximum absolute atomic E-state index is 11.6. The van der Waals surface area contributed by atoms with Crippen molar-refractivity contribution in [2.45, 2.75) is 34.1 Å². The van der Waals surface area contributed by atoms with E-state index >= 15 is 0 Å². The first kappa shape index (κ1) is 15.5. The molecule has 0 fully saturated rings. The minimum Gasteiger partial charge on any atom is -0.390 e. The molecule has 0 atom stereocenters. The Balaban J connectivity index is 4.08. The first-order valence-corrected chi connectivity index (χ1v) is 6.09. The number of hydrogen-bond donors (Lipinski definition) is 2. The first-order valence-electron chi connectivity index (χ1n) is 6.09. The summed E-state index contributed by atoms with van der Waals surface area (Å²) in [7, 11) is 0. The smallest absolute Gasteiger partial charge is 0.263 e. The highest BCUT2D eigenvalue weighted by Crippen LogP contribution is 1.97. The van der Waals surface area contributed by atoms with Crippen molar-refractivity contribution >= 4 is 5.91 Å². The SMILES string of the molecule is CC(C)CCN/C=C(/C#N)C(=O)NCC(C)C. The van der Waals surface area contributed by atoms with E-state index in [1.54, 1.807) is 0 Å². The van der Waals surface area contributed by atoms with Gasteiger partial charge in [0.1, 0.15) is 11.6 Å². The van der Waals surface area contributed by atoms with Gasteiger partial charge in [-0.2, -0.15) is 5.26 Å². The Bertz CT molecular complexity index is 300. The van der Waals surface area contributed by atoms with Gasteiger partial charge in [0.25, 0.3) is 5.91 Å². The monoisotopic (exact) mass is 237 g/mol. The molecule has 4 nitrogen and oxygen atoms in total. The van der Waals surface area contributed by atoms with Gasteiger partial charge < -0.3 is 10.6 Å². The van der Waals surface area contributed by atoms with E-state index in [9.17, 15) is 4.79 Å². The van der Waals surface area contributed by atoms with Crippen LogP contribution in [0.25, 0.3) is 0 Å². The van der Waals surface area contributed by atoms with Gasteiger partial charge in [0, 0.05) is 19.3 Å². The average Bonchev–Trinajstić information content (AvgIpc) is 2.25. The maximum Gasteiger partial charge on any atom is 0.263 e. The van der Waals surface area contributed by atoms with Gasteiger partial charge in [0.05, 0.1) is 0 Å². The molecule has 0 bridgehead atoms. The van der Waals surface area contributed by atoms with Crippen LogP contribution in [0.5, 0.6) is 0 Å². The van der Waals surface area contributed by atoms with Crippen LogP contribution < -0.4 is 10.6 Å². The minimum atomic E-state index is -0.307. The van der Waals surface area contributed by atoms with Gasteiger partial charge in [-0.05, 0) is 18.3 Å². The molecule has 0 aliphatic heterocycles. The van der Waals surface area contributed by atoms with E-state index in [-0.39, 0.29) is 11.5 Å². The zero-order valence-corrected chi connectivity index (χ0v) is 11.2. The van der Waals surface area contributed by atoms with Crippen molar-refractivity contribution in [1.82, 2.24) is 10.6 Å². The zero-order valence-electron chi connectivity index (χ0n) is 11.2. The van der Waals surface area contributed by atoms with Gasteiger partial charge in [-0.25, -0.2) is 0 Å². The minimum absolute atomic E-state index is 0.134. The summed E-state index contributed by atoms with van der Waals surface area (Å²) in [5.41, 5.74) is 0.134. The molecule has 2 N–H and O–H groups in total. The largest absolute Gasteiger partial charge is 0.390 e. The summed E-state index contributed by atoms with van der Waals surface area (Å²) in [5.74, 6) is 0.683. The van der Waals surface area contributed by atoms with E-state index in [2.05, 4.69) is 24.5 Å². The fourth-order valence-corrected chi connectivity index (χ4v) is 1.09. The molecule has 0 radical (unpaired) electrons. The van der Waals surface area contributed by atoms with Crippen molar-refractivity contribution < 1.29 is 4.79 Å². The van der Waals surface area contributed by atoms with E-state index < -0.39 is 0 Å². The van der Waals surface area contributed by atoms with Gasteiger partial charge >= 0.3 is 0 Å². The second-order valence-electron chi connectivity index (χ2n) is 4.91. The number of carbonyl (C=O) groups excluding carboxylic acids is 1. The number of nitriles is 1. The molecule has 0 aliphatic rings. The second kappa shape index (κ2) is 8.63. The van der Waals surface area contributed by atoms with Crippen LogP contribution in [0.1, 0.15) is 34.1 Å². The number of carbonyl (C=O) groups is 1. The number of hydrogen-bond acceptors (Lipinski definition) is 3. The van der Waals surface area contributed by atoms with Crippen molar-refractivity contribution in [2.75, 3.05) is 13.1 Å². The van der Waals surface area contributed by atoms with E-state index in [0.29, 0.717) is 18.4 Å². The zero-order chi connectivity index (χ0) is 13.3. The van der Waals surface area contributed by atoms with Crippen LogP contribution in [0, 0.1) is 23.2 Å². The summed E-state index contributed by atoms with van der Waals surface area (Å²) in [5, 5.41) is 14.6. The van der Waals surface area contributed by atoms with Crippen molar-refractivity contribution in [3.05, 3.63) is 11.8 Å². The van der Waals surface area contributed by atoms with Crippen molar-refractivity contribution in [3.63, 3.8) is 0 Å². The molecule has 96 valence electrons. The molecule has 17 heavy (non-hydrogen) atoms. The van der Waals surface area contributed by atoms with Crippen LogP contribution in [-0.4, -0.2) is 19.0 Å². The average molecular weight is 237 g/mol. The Morgan fingerprint density at radius 2 is 1.94 bits per heavy atom. The molecule has 0 aromatic heterocycles. The summed E-state index contributed by atoms with van der Waals surface area (Å²) in [6.45, 7) is 9.65. The molecular weight excluding hydrogens is 214 g/mol. The van der Waals surface area contributed by atoms with Gasteiger partial charge in [-0.3, -0.25) is 4.79 Å². The summed E-state index contributed by atoms with van der Waals surface area (Å²) < 4.78 is 0.